The summed E-state index contributed by atoms with van der Waals surface area (Å²) in [6.07, 6.45) is 6.17. The topological polar surface area (TPSA) is 114 Å². The van der Waals surface area contributed by atoms with E-state index in [2.05, 4.69) is 34.6 Å². The van der Waals surface area contributed by atoms with Gasteiger partial charge in [0, 0.05) is 69.5 Å². The standard InChI is InChI=1S/C24H30O5.C23H28O5/c1-5-10-27-16-6-7-17(20(25)12-16)15-11-19-21(26-4)13-22-18(23(19)28-14-15)8-9-24(2,3)29-22;1-5-26-15-6-7-16(19(24)11-15)14-10-18-20(25-4)12-21-17(22(18)27-13-14)8-9-23(2,3)28-21/h6-7,12-13,15,25H,5,8-11,14H2,1-4H3;6-7,11-12,14,24H,5,8-10,13H2,1-4H3/t15-;14-/m00/s1. The third kappa shape index (κ3) is 8.46. The molecule has 0 spiro atoms. The minimum atomic E-state index is -0.184. The van der Waals surface area contributed by atoms with Gasteiger partial charge in [-0.2, -0.15) is 0 Å². The molecular formula is C47H58O10. The van der Waals surface area contributed by atoms with Gasteiger partial charge in [-0.3, -0.25) is 0 Å². The molecule has 4 aliphatic rings. The highest BCUT2D eigenvalue weighted by molar-refractivity contribution is 5.61. The Labute approximate surface area is 336 Å². The van der Waals surface area contributed by atoms with Crippen molar-refractivity contribution < 1.29 is 48.1 Å². The minimum Gasteiger partial charge on any atom is -0.508 e. The molecule has 4 heterocycles. The summed E-state index contributed by atoms with van der Waals surface area (Å²) in [5.74, 6) is 7.02. The van der Waals surface area contributed by atoms with Crippen LogP contribution in [0.25, 0.3) is 0 Å². The fourth-order valence-corrected chi connectivity index (χ4v) is 8.38. The number of rotatable bonds is 9. The van der Waals surface area contributed by atoms with Gasteiger partial charge in [-0.25, -0.2) is 0 Å². The summed E-state index contributed by atoms with van der Waals surface area (Å²) in [6, 6.07) is 15.0. The molecule has 0 bridgehead atoms. The van der Waals surface area contributed by atoms with Crippen LogP contribution >= 0.6 is 0 Å². The van der Waals surface area contributed by atoms with Gasteiger partial charge < -0.3 is 48.1 Å². The number of ether oxygens (including phenoxy) is 8. The van der Waals surface area contributed by atoms with E-state index in [9.17, 15) is 10.2 Å². The number of hydrogen-bond acceptors (Lipinski definition) is 10. The predicted molar refractivity (Wildman–Crippen MR) is 219 cm³/mol. The van der Waals surface area contributed by atoms with Crippen LogP contribution in [0, 0.1) is 0 Å². The molecule has 0 saturated heterocycles. The van der Waals surface area contributed by atoms with E-state index in [0.29, 0.717) is 37.9 Å². The molecule has 0 amide bonds. The number of hydrogen-bond donors (Lipinski definition) is 2. The van der Waals surface area contributed by atoms with Crippen molar-refractivity contribution in [2.75, 3.05) is 40.6 Å². The van der Waals surface area contributed by atoms with E-state index in [-0.39, 0.29) is 34.5 Å². The molecule has 0 aliphatic carbocycles. The number of benzene rings is 4. The average molecular weight is 783 g/mol. The van der Waals surface area contributed by atoms with Gasteiger partial charge in [0.25, 0.3) is 0 Å². The molecule has 10 heteroatoms. The van der Waals surface area contributed by atoms with Gasteiger partial charge in [-0.15, -0.1) is 0 Å². The Balaban J connectivity index is 0.000000174. The smallest absolute Gasteiger partial charge is 0.133 e. The second-order valence-corrected chi connectivity index (χ2v) is 16.6. The van der Waals surface area contributed by atoms with Crippen molar-refractivity contribution in [1.29, 1.82) is 0 Å². The van der Waals surface area contributed by atoms with E-state index >= 15 is 0 Å². The lowest BCUT2D eigenvalue weighted by Crippen LogP contribution is -2.33. The van der Waals surface area contributed by atoms with Crippen LogP contribution in [0.15, 0.2) is 48.5 Å². The van der Waals surface area contributed by atoms with Crippen LogP contribution in [0.5, 0.6) is 57.5 Å². The minimum absolute atomic E-state index is 0.0515. The Morgan fingerprint density at radius 2 is 1.09 bits per heavy atom. The molecule has 4 aromatic carbocycles. The van der Waals surface area contributed by atoms with Crippen LogP contribution in [0.4, 0.5) is 0 Å². The van der Waals surface area contributed by atoms with Crippen LogP contribution in [0.2, 0.25) is 0 Å². The maximum absolute atomic E-state index is 10.6. The number of phenolic OH excluding ortho intramolecular Hbond substituents is 2. The first-order valence-electron chi connectivity index (χ1n) is 20.3. The monoisotopic (exact) mass is 782 g/mol. The number of aromatic hydroxyl groups is 2. The molecule has 306 valence electrons. The van der Waals surface area contributed by atoms with Crippen molar-refractivity contribution in [3.8, 4) is 57.5 Å². The Morgan fingerprint density at radius 1 is 0.632 bits per heavy atom. The van der Waals surface area contributed by atoms with Gasteiger partial charge in [0.1, 0.15) is 68.7 Å². The summed E-state index contributed by atoms with van der Waals surface area (Å²) in [6.45, 7) is 14.6. The molecule has 2 N–H and O–H groups in total. The van der Waals surface area contributed by atoms with E-state index < -0.39 is 0 Å². The second-order valence-electron chi connectivity index (χ2n) is 16.6. The molecule has 8 rings (SSSR count). The van der Waals surface area contributed by atoms with Crippen LogP contribution in [-0.2, 0) is 25.7 Å². The zero-order chi connectivity index (χ0) is 40.5. The maximum Gasteiger partial charge on any atom is 0.133 e. The van der Waals surface area contributed by atoms with E-state index in [4.69, 9.17) is 37.9 Å². The molecule has 0 aromatic heterocycles. The Hall–Kier alpha value is -5.12. The van der Waals surface area contributed by atoms with Gasteiger partial charge in [-0.05, 0) is 91.7 Å². The second kappa shape index (κ2) is 16.4. The Kier molecular flexibility index (Phi) is 11.5. The highest BCUT2D eigenvalue weighted by Gasteiger charge is 2.37. The van der Waals surface area contributed by atoms with Gasteiger partial charge in [-0.1, -0.05) is 19.1 Å². The molecule has 57 heavy (non-hydrogen) atoms. The van der Waals surface area contributed by atoms with Crippen molar-refractivity contribution in [2.45, 2.75) is 110 Å². The van der Waals surface area contributed by atoms with E-state index in [1.807, 2.05) is 43.3 Å². The third-order valence-corrected chi connectivity index (χ3v) is 11.4. The first kappa shape index (κ1) is 40.1. The Morgan fingerprint density at radius 3 is 1.49 bits per heavy atom. The normalized spacial score (nSPS) is 19.5. The number of fused-ring (bicyclic) bond motifs is 6. The van der Waals surface area contributed by atoms with E-state index in [0.717, 1.165) is 113 Å². The fraction of sp³-hybridized carbons (Fsp3) is 0.489. The summed E-state index contributed by atoms with van der Waals surface area (Å²) in [4.78, 5) is 0. The molecular weight excluding hydrogens is 725 g/mol. The summed E-state index contributed by atoms with van der Waals surface area (Å²) in [5.41, 5.74) is 5.73. The predicted octanol–water partition coefficient (Wildman–Crippen LogP) is 9.63. The van der Waals surface area contributed by atoms with E-state index in [1.54, 1.807) is 26.4 Å². The lowest BCUT2D eigenvalue weighted by Gasteiger charge is -2.36. The summed E-state index contributed by atoms with van der Waals surface area (Å²) < 4.78 is 47.3. The summed E-state index contributed by atoms with van der Waals surface area (Å²) >= 11 is 0. The van der Waals surface area contributed by atoms with E-state index in [1.165, 1.54) is 0 Å². The number of methoxy groups -OCH3 is 2. The van der Waals surface area contributed by atoms with Crippen LogP contribution in [-0.4, -0.2) is 62.1 Å². The van der Waals surface area contributed by atoms with Crippen molar-refractivity contribution in [3.05, 3.63) is 81.9 Å². The summed E-state index contributed by atoms with van der Waals surface area (Å²) in [5, 5.41) is 21.1. The SMILES string of the molecule is CCCOc1ccc([C@@H]2COc3c(c(OC)cc4c3CCC(C)(C)O4)C2)c(O)c1.CCOc1ccc([C@@H]2COc3c(c(OC)cc4c3CCC(C)(C)O4)C2)c(O)c1. The fourth-order valence-electron chi connectivity index (χ4n) is 8.38. The van der Waals surface area contributed by atoms with Gasteiger partial charge >= 0.3 is 0 Å². The average Bonchev–Trinajstić information content (AvgIpc) is 3.18. The molecule has 2 atom stereocenters. The van der Waals surface area contributed by atoms with Crippen molar-refractivity contribution >= 4 is 0 Å². The zero-order valence-corrected chi connectivity index (χ0v) is 34.7. The van der Waals surface area contributed by atoms with Crippen LogP contribution in [0.3, 0.4) is 0 Å². The first-order valence-corrected chi connectivity index (χ1v) is 20.3. The quantitative estimate of drug-likeness (QED) is 0.170. The molecule has 0 fully saturated rings. The van der Waals surface area contributed by atoms with Crippen LogP contribution in [0.1, 0.15) is 106 Å². The summed E-state index contributed by atoms with van der Waals surface area (Å²) in [7, 11) is 3.35. The molecule has 4 aromatic rings. The number of phenols is 2. The van der Waals surface area contributed by atoms with Crippen molar-refractivity contribution in [2.24, 2.45) is 0 Å². The molecule has 0 unspecified atom stereocenters. The van der Waals surface area contributed by atoms with Crippen molar-refractivity contribution in [3.63, 3.8) is 0 Å². The molecule has 0 radical (unpaired) electrons. The van der Waals surface area contributed by atoms with Gasteiger partial charge in [0.15, 0.2) is 0 Å². The lowest BCUT2D eigenvalue weighted by atomic mass is 9.85. The first-order chi connectivity index (χ1) is 27.3. The molecule has 0 saturated carbocycles. The highest BCUT2D eigenvalue weighted by atomic mass is 16.5. The largest absolute Gasteiger partial charge is 0.508 e. The Bertz CT molecular complexity index is 2090. The van der Waals surface area contributed by atoms with Crippen molar-refractivity contribution in [1.82, 2.24) is 0 Å². The highest BCUT2D eigenvalue weighted by Crippen LogP contribution is 2.51. The molecule has 10 nitrogen and oxygen atoms in total. The molecule has 4 aliphatic heterocycles. The maximum atomic E-state index is 10.6. The zero-order valence-electron chi connectivity index (χ0n) is 34.7. The third-order valence-electron chi connectivity index (χ3n) is 11.4. The van der Waals surface area contributed by atoms with Crippen LogP contribution < -0.4 is 37.9 Å². The lowest BCUT2D eigenvalue weighted by molar-refractivity contribution is 0.0817. The van der Waals surface area contributed by atoms with Gasteiger partial charge in [0.2, 0.25) is 0 Å². The van der Waals surface area contributed by atoms with Gasteiger partial charge in [0.05, 0.1) is 40.6 Å².